The molecule has 2 aromatic rings. The molecule has 0 spiro atoms. The van der Waals surface area contributed by atoms with E-state index in [4.69, 9.17) is 16.3 Å². The second-order valence-electron chi connectivity index (χ2n) is 3.92. The monoisotopic (exact) mass is 312 g/mol. The van der Waals surface area contributed by atoms with Gasteiger partial charge in [0.15, 0.2) is 0 Å². The normalized spacial score (nSPS) is 10.3. The van der Waals surface area contributed by atoms with Gasteiger partial charge >= 0.3 is 5.00 Å². The van der Waals surface area contributed by atoms with Crippen molar-refractivity contribution >= 4 is 33.6 Å². The van der Waals surface area contributed by atoms with E-state index in [2.05, 4.69) is 5.32 Å². The Hall–Kier alpha value is -1.79. The van der Waals surface area contributed by atoms with Gasteiger partial charge in [-0.05, 0) is 31.2 Å². The van der Waals surface area contributed by atoms with E-state index in [1.165, 1.54) is 6.07 Å². The van der Waals surface area contributed by atoms with Crippen molar-refractivity contribution < 1.29 is 9.66 Å². The molecular formula is C13H13ClN2O3S. The van der Waals surface area contributed by atoms with Crippen molar-refractivity contribution in [1.29, 1.82) is 0 Å². The predicted molar refractivity (Wildman–Crippen MR) is 80.9 cm³/mol. The summed E-state index contributed by atoms with van der Waals surface area (Å²) in [6.07, 6.45) is 0. The number of anilines is 1. The van der Waals surface area contributed by atoms with Crippen LogP contribution in [0.5, 0.6) is 5.75 Å². The van der Waals surface area contributed by atoms with E-state index in [9.17, 15) is 10.1 Å². The van der Waals surface area contributed by atoms with Gasteiger partial charge in [0.2, 0.25) is 0 Å². The van der Waals surface area contributed by atoms with Crippen molar-refractivity contribution in [2.24, 2.45) is 0 Å². The van der Waals surface area contributed by atoms with E-state index in [0.717, 1.165) is 21.9 Å². The van der Waals surface area contributed by atoms with E-state index in [0.29, 0.717) is 23.9 Å². The second kappa shape index (κ2) is 6.58. The summed E-state index contributed by atoms with van der Waals surface area (Å²) in [6.45, 7) is 2.95. The first-order valence-corrected chi connectivity index (χ1v) is 7.19. The van der Waals surface area contributed by atoms with E-state index in [-0.39, 0.29) is 9.92 Å². The summed E-state index contributed by atoms with van der Waals surface area (Å²) in [4.78, 5) is 11.1. The molecule has 0 saturated carbocycles. The van der Waals surface area contributed by atoms with Crippen LogP contribution in [-0.2, 0) is 6.54 Å². The molecule has 0 aliphatic carbocycles. The third kappa shape index (κ3) is 3.61. The highest BCUT2D eigenvalue weighted by atomic mass is 35.5. The molecule has 0 saturated heterocycles. The lowest BCUT2D eigenvalue weighted by atomic mass is 10.3. The highest BCUT2D eigenvalue weighted by Crippen LogP contribution is 2.30. The maximum absolute atomic E-state index is 10.6. The Balaban J connectivity index is 2.09. The van der Waals surface area contributed by atoms with Crippen LogP contribution < -0.4 is 10.1 Å². The van der Waals surface area contributed by atoms with Gasteiger partial charge in [0.25, 0.3) is 0 Å². The summed E-state index contributed by atoms with van der Waals surface area (Å²) in [5, 5.41) is 14.6. The number of hydrogen-bond acceptors (Lipinski definition) is 5. The maximum Gasteiger partial charge on any atom is 0.324 e. The standard InChI is InChI=1S/C13H13ClN2O3S/c1-2-19-12-5-3-9(14)7-11(12)15-8-10-4-6-13(20-10)16(17)18/h3-7,15H,2,8H2,1H3. The number of nitro groups is 1. The van der Waals surface area contributed by atoms with Gasteiger partial charge in [-0.1, -0.05) is 22.9 Å². The largest absolute Gasteiger partial charge is 0.492 e. The zero-order valence-corrected chi connectivity index (χ0v) is 12.3. The van der Waals surface area contributed by atoms with Crippen LogP contribution in [0.2, 0.25) is 5.02 Å². The average Bonchev–Trinajstić information content (AvgIpc) is 2.88. The lowest BCUT2D eigenvalue weighted by Gasteiger charge is -2.12. The van der Waals surface area contributed by atoms with Crippen LogP contribution in [0.3, 0.4) is 0 Å². The fourth-order valence-electron chi connectivity index (χ4n) is 1.66. The third-order valence-electron chi connectivity index (χ3n) is 2.52. The molecule has 1 N–H and O–H groups in total. The van der Waals surface area contributed by atoms with Gasteiger partial charge in [0.1, 0.15) is 5.75 Å². The Morgan fingerprint density at radius 3 is 2.85 bits per heavy atom. The van der Waals surface area contributed by atoms with E-state index in [1.54, 1.807) is 24.3 Å². The summed E-state index contributed by atoms with van der Waals surface area (Å²) in [6, 6.07) is 8.57. The van der Waals surface area contributed by atoms with Gasteiger partial charge in [-0.15, -0.1) is 0 Å². The number of halogens is 1. The predicted octanol–water partition coefficient (Wildman–Crippen LogP) is 4.32. The van der Waals surface area contributed by atoms with Crippen LogP contribution in [0.4, 0.5) is 10.7 Å². The summed E-state index contributed by atoms with van der Waals surface area (Å²) in [7, 11) is 0. The lowest BCUT2D eigenvalue weighted by Crippen LogP contribution is -2.01. The number of nitrogens with zero attached hydrogens (tertiary/aromatic N) is 1. The Morgan fingerprint density at radius 2 is 2.20 bits per heavy atom. The summed E-state index contributed by atoms with van der Waals surface area (Å²) in [5.41, 5.74) is 0.774. The van der Waals surface area contributed by atoms with Gasteiger partial charge < -0.3 is 10.1 Å². The van der Waals surface area contributed by atoms with E-state index in [1.807, 2.05) is 6.92 Å². The molecule has 1 aromatic carbocycles. The first-order chi connectivity index (χ1) is 9.60. The number of ether oxygens (including phenoxy) is 1. The third-order valence-corrected chi connectivity index (χ3v) is 3.79. The number of nitrogens with one attached hydrogen (secondary N) is 1. The molecule has 0 bridgehead atoms. The van der Waals surface area contributed by atoms with Gasteiger partial charge in [-0.3, -0.25) is 10.1 Å². The van der Waals surface area contributed by atoms with Crippen molar-refractivity contribution in [2.45, 2.75) is 13.5 Å². The van der Waals surface area contributed by atoms with Crippen molar-refractivity contribution in [3.8, 4) is 5.75 Å². The molecule has 0 atom stereocenters. The minimum Gasteiger partial charge on any atom is -0.492 e. The molecule has 7 heteroatoms. The van der Waals surface area contributed by atoms with Gasteiger partial charge in [0.05, 0.1) is 17.2 Å². The summed E-state index contributed by atoms with van der Waals surface area (Å²) < 4.78 is 5.50. The number of benzene rings is 1. The first-order valence-electron chi connectivity index (χ1n) is 5.99. The summed E-state index contributed by atoms with van der Waals surface area (Å²) in [5.74, 6) is 0.711. The number of rotatable bonds is 6. The van der Waals surface area contributed by atoms with Crippen molar-refractivity contribution in [3.05, 3.63) is 50.3 Å². The van der Waals surface area contributed by atoms with Crippen LogP contribution in [0, 0.1) is 10.1 Å². The van der Waals surface area contributed by atoms with Crippen LogP contribution in [-0.4, -0.2) is 11.5 Å². The molecule has 20 heavy (non-hydrogen) atoms. The minimum absolute atomic E-state index is 0.137. The molecular weight excluding hydrogens is 300 g/mol. The quantitative estimate of drug-likeness (QED) is 0.637. The van der Waals surface area contributed by atoms with Crippen molar-refractivity contribution in [2.75, 3.05) is 11.9 Å². The minimum atomic E-state index is -0.390. The van der Waals surface area contributed by atoms with E-state index >= 15 is 0 Å². The summed E-state index contributed by atoms with van der Waals surface area (Å²) >= 11 is 7.11. The fourth-order valence-corrected chi connectivity index (χ4v) is 2.60. The van der Waals surface area contributed by atoms with Crippen LogP contribution >= 0.6 is 22.9 Å². The van der Waals surface area contributed by atoms with Gasteiger partial charge in [-0.25, -0.2) is 0 Å². The molecule has 1 heterocycles. The Labute approximate surface area is 125 Å². The molecule has 0 unspecified atom stereocenters. The Morgan fingerprint density at radius 1 is 1.40 bits per heavy atom. The van der Waals surface area contributed by atoms with Crippen LogP contribution in [0.25, 0.3) is 0 Å². The first kappa shape index (κ1) is 14.6. The number of hydrogen-bond donors (Lipinski definition) is 1. The van der Waals surface area contributed by atoms with Gasteiger partial charge in [-0.2, -0.15) is 0 Å². The molecule has 0 aliphatic rings. The fraction of sp³-hybridized carbons (Fsp3) is 0.231. The Kier molecular flexibility index (Phi) is 4.81. The lowest BCUT2D eigenvalue weighted by molar-refractivity contribution is -0.380. The van der Waals surface area contributed by atoms with Crippen LogP contribution in [0.15, 0.2) is 30.3 Å². The number of thiophene rings is 1. The molecule has 0 radical (unpaired) electrons. The Bertz CT molecular complexity index is 615. The van der Waals surface area contributed by atoms with Crippen molar-refractivity contribution in [1.82, 2.24) is 0 Å². The molecule has 2 rings (SSSR count). The smallest absolute Gasteiger partial charge is 0.324 e. The van der Waals surface area contributed by atoms with Gasteiger partial charge in [0, 0.05) is 22.5 Å². The van der Waals surface area contributed by atoms with E-state index < -0.39 is 0 Å². The topological polar surface area (TPSA) is 64.4 Å². The zero-order chi connectivity index (χ0) is 14.5. The molecule has 0 amide bonds. The zero-order valence-electron chi connectivity index (χ0n) is 10.8. The maximum atomic E-state index is 10.6. The second-order valence-corrected chi connectivity index (χ2v) is 5.51. The average molecular weight is 313 g/mol. The molecule has 0 fully saturated rings. The highest BCUT2D eigenvalue weighted by Gasteiger charge is 2.10. The molecule has 106 valence electrons. The molecule has 0 aliphatic heterocycles. The van der Waals surface area contributed by atoms with Crippen molar-refractivity contribution in [3.63, 3.8) is 0 Å². The SMILES string of the molecule is CCOc1ccc(Cl)cc1NCc1ccc([N+](=O)[O-])s1. The van der Waals surface area contributed by atoms with Crippen LogP contribution in [0.1, 0.15) is 11.8 Å². The molecule has 1 aromatic heterocycles. The molecule has 5 nitrogen and oxygen atoms in total. The highest BCUT2D eigenvalue weighted by molar-refractivity contribution is 7.15.